The lowest BCUT2D eigenvalue weighted by Gasteiger charge is -2.32. The number of pyridine rings is 1. The van der Waals surface area contributed by atoms with Crippen molar-refractivity contribution in [2.45, 2.75) is 39.8 Å². The van der Waals surface area contributed by atoms with Crippen molar-refractivity contribution in [3.8, 4) is 0 Å². The number of nitrogens with one attached hydrogen (secondary N) is 1. The summed E-state index contributed by atoms with van der Waals surface area (Å²) in [6.45, 7) is 6.17. The maximum atomic E-state index is 13.7. The van der Waals surface area contributed by atoms with Gasteiger partial charge in [-0.25, -0.2) is 9.97 Å². The minimum atomic E-state index is -0.195. The highest BCUT2D eigenvalue weighted by Gasteiger charge is 2.28. The quantitative estimate of drug-likeness (QED) is 0.451. The summed E-state index contributed by atoms with van der Waals surface area (Å²) in [5.41, 5.74) is 5.53. The van der Waals surface area contributed by atoms with Gasteiger partial charge in [0.2, 0.25) is 5.91 Å². The van der Waals surface area contributed by atoms with Gasteiger partial charge in [0, 0.05) is 25.8 Å². The highest BCUT2D eigenvalue weighted by Crippen LogP contribution is 2.22. The molecule has 0 saturated carbocycles. The molecule has 1 atom stereocenters. The summed E-state index contributed by atoms with van der Waals surface area (Å²) in [4.78, 5) is 37.9. The number of aromatic nitrogens is 3. The molecule has 1 saturated heterocycles. The molecule has 2 aromatic carbocycles. The molecular weight excluding hydrogens is 450 g/mol. The Hall–Kier alpha value is -4.00. The number of carbonyl (C=O) groups is 1. The lowest BCUT2D eigenvalue weighted by Crippen LogP contribution is -2.45. The summed E-state index contributed by atoms with van der Waals surface area (Å²) >= 11 is 0. The second-order valence-corrected chi connectivity index (χ2v) is 9.59. The Bertz CT molecular complexity index is 1440. The van der Waals surface area contributed by atoms with E-state index in [-0.39, 0.29) is 17.4 Å². The average Bonchev–Trinajstić information content (AvgIpc) is 2.90. The molecule has 4 aromatic rings. The Kier molecular flexibility index (Phi) is 6.80. The Labute approximate surface area is 210 Å². The molecule has 2 aromatic heterocycles. The van der Waals surface area contributed by atoms with Crippen LogP contribution < -0.4 is 15.8 Å². The second kappa shape index (κ2) is 10.3. The zero-order valence-corrected chi connectivity index (χ0v) is 20.8. The lowest BCUT2D eigenvalue weighted by molar-refractivity contribution is -0.125. The lowest BCUT2D eigenvalue weighted by atomic mass is 9.97. The van der Waals surface area contributed by atoms with E-state index in [2.05, 4.69) is 10.3 Å². The topological polar surface area (TPSA) is 80.1 Å². The van der Waals surface area contributed by atoms with Crippen molar-refractivity contribution in [2.75, 3.05) is 18.0 Å². The normalized spacial score (nSPS) is 15.7. The summed E-state index contributed by atoms with van der Waals surface area (Å²) < 4.78 is 1.70. The molecule has 36 heavy (non-hydrogen) atoms. The first-order valence-corrected chi connectivity index (χ1v) is 12.5. The molecule has 0 bridgehead atoms. The SMILES string of the molecule is Cc1ccc(Cn2c(=O)c(N3CCCC(C(=O)NCc4ccccc4C)C3)nc3cccnc32)cc1. The van der Waals surface area contributed by atoms with Crippen molar-refractivity contribution < 1.29 is 4.79 Å². The van der Waals surface area contributed by atoms with Crippen LogP contribution in [0.25, 0.3) is 11.2 Å². The van der Waals surface area contributed by atoms with Crippen molar-refractivity contribution in [1.82, 2.24) is 19.9 Å². The molecule has 7 nitrogen and oxygen atoms in total. The summed E-state index contributed by atoms with van der Waals surface area (Å²) in [6.07, 6.45) is 3.31. The summed E-state index contributed by atoms with van der Waals surface area (Å²) in [6, 6.07) is 19.9. The maximum absolute atomic E-state index is 13.7. The van der Waals surface area contributed by atoms with Crippen molar-refractivity contribution >= 4 is 22.9 Å². The van der Waals surface area contributed by atoms with Gasteiger partial charge in [0.15, 0.2) is 11.5 Å². The summed E-state index contributed by atoms with van der Waals surface area (Å²) in [5, 5.41) is 3.09. The predicted octanol–water partition coefficient (Wildman–Crippen LogP) is 3.99. The fourth-order valence-corrected chi connectivity index (χ4v) is 4.81. The molecule has 1 unspecified atom stereocenters. The first kappa shape index (κ1) is 23.7. The molecular formula is C29H31N5O2. The largest absolute Gasteiger partial charge is 0.352 e. The minimum absolute atomic E-state index is 0.0189. The van der Waals surface area contributed by atoms with Gasteiger partial charge in [0.1, 0.15) is 5.52 Å². The number of benzene rings is 2. The summed E-state index contributed by atoms with van der Waals surface area (Å²) in [5.74, 6) is 0.212. The molecule has 0 radical (unpaired) electrons. The van der Waals surface area contributed by atoms with Crippen LogP contribution in [0.5, 0.6) is 0 Å². The zero-order valence-electron chi connectivity index (χ0n) is 20.8. The number of amides is 1. The van der Waals surface area contributed by atoms with Crippen LogP contribution in [0, 0.1) is 19.8 Å². The number of rotatable bonds is 6. The number of nitrogens with zero attached hydrogens (tertiary/aromatic N) is 4. The average molecular weight is 482 g/mol. The van der Waals surface area contributed by atoms with Crippen LogP contribution in [0.3, 0.4) is 0 Å². The van der Waals surface area contributed by atoms with Crippen LogP contribution in [0.2, 0.25) is 0 Å². The maximum Gasteiger partial charge on any atom is 0.295 e. The van der Waals surface area contributed by atoms with Crippen LogP contribution in [0.4, 0.5) is 5.82 Å². The number of hydrogen-bond acceptors (Lipinski definition) is 5. The molecule has 1 fully saturated rings. The number of anilines is 1. The molecule has 5 rings (SSSR count). The number of fused-ring (bicyclic) bond motifs is 1. The third-order valence-electron chi connectivity index (χ3n) is 6.95. The van der Waals surface area contributed by atoms with E-state index in [1.807, 2.05) is 79.4 Å². The van der Waals surface area contributed by atoms with Gasteiger partial charge in [-0.05, 0) is 55.5 Å². The van der Waals surface area contributed by atoms with Crippen LogP contribution in [-0.2, 0) is 17.9 Å². The Morgan fingerprint density at radius 3 is 2.67 bits per heavy atom. The minimum Gasteiger partial charge on any atom is -0.352 e. The van der Waals surface area contributed by atoms with E-state index in [0.29, 0.717) is 43.2 Å². The Balaban J connectivity index is 1.40. The van der Waals surface area contributed by atoms with E-state index in [1.165, 1.54) is 5.56 Å². The third-order valence-corrected chi connectivity index (χ3v) is 6.95. The Morgan fingerprint density at radius 2 is 1.86 bits per heavy atom. The molecule has 0 aliphatic carbocycles. The van der Waals surface area contributed by atoms with Gasteiger partial charge in [-0.1, -0.05) is 54.1 Å². The van der Waals surface area contributed by atoms with Gasteiger partial charge < -0.3 is 10.2 Å². The second-order valence-electron chi connectivity index (χ2n) is 9.59. The zero-order chi connectivity index (χ0) is 25.1. The fraction of sp³-hybridized carbons (Fsp3) is 0.310. The van der Waals surface area contributed by atoms with Crippen molar-refractivity contribution in [1.29, 1.82) is 0 Å². The third kappa shape index (κ3) is 5.00. The van der Waals surface area contributed by atoms with Crippen LogP contribution >= 0.6 is 0 Å². The number of hydrogen-bond donors (Lipinski definition) is 1. The first-order valence-electron chi connectivity index (χ1n) is 12.5. The van der Waals surface area contributed by atoms with E-state index in [9.17, 15) is 9.59 Å². The standard InChI is InChI=1S/C29H31N5O2/c1-20-11-13-22(14-12-20)18-34-26-25(10-5-15-30-26)32-27(29(34)36)33-16-6-9-24(19-33)28(35)31-17-23-8-4-3-7-21(23)2/h3-5,7-8,10-15,24H,6,9,16-19H2,1-2H3,(H,31,35). The van der Waals surface area contributed by atoms with Crippen LogP contribution in [-0.4, -0.2) is 33.5 Å². The molecule has 0 spiro atoms. The smallest absolute Gasteiger partial charge is 0.295 e. The number of aryl methyl sites for hydroxylation is 2. The Morgan fingerprint density at radius 1 is 1.06 bits per heavy atom. The first-order chi connectivity index (χ1) is 17.5. The van der Waals surface area contributed by atoms with Crippen molar-refractivity contribution in [3.63, 3.8) is 0 Å². The van der Waals surface area contributed by atoms with Gasteiger partial charge in [-0.2, -0.15) is 0 Å². The predicted molar refractivity (Wildman–Crippen MR) is 142 cm³/mol. The van der Waals surface area contributed by atoms with Crippen LogP contribution in [0.1, 0.15) is 35.1 Å². The molecule has 3 heterocycles. The van der Waals surface area contributed by atoms with E-state index in [1.54, 1.807) is 10.8 Å². The van der Waals surface area contributed by atoms with Gasteiger partial charge in [-0.3, -0.25) is 14.2 Å². The molecule has 1 aliphatic rings. The molecule has 7 heteroatoms. The summed E-state index contributed by atoms with van der Waals surface area (Å²) in [7, 11) is 0. The van der Waals surface area contributed by atoms with Gasteiger partial charge in [0.05, 0.1) is 12.5 Å². The molecule has 1 aliphatic heterocycles. The highest BCUT2D eigenvalue weighted by atomic mass is 16.2. The van der Waals surface area contributed by atoms with Crippen molar-refractivity contribution in [2.24, 2.45) is 5.92 Å². The van der Waals surface area contributed by atoms with E-state index in [0.717, 1.165) is 29.5 Å². The van der Waals surface area contributed by atoms with Crippen LogP contribution in [0.15, 0.2) is 71.7 Å². The van der Waals surface area contributed by atoms with Gasteiger partial charge in [0.25, 0.3) is 5.56 Å². The van der Waals surface area contributed by atoms with Crippen molar-refractivity contribution in [3.05, 3.63) is 99.5 Å². The molecule has 1 N–H and O–H groups in total. The number of piperidine rings is 1. The fourth-order valence-electron chi connectivity index (χ4n) is 4.81. The monoisotopic (exact) mass is 481 g/mol. The van der Waals surface area contributed by atoms with E-state index >= 15 is 0 Å². The van der Waals surface area contributed by atoms with E-state index in [4.69, 9.17) is 4.98 Å². The van der Waals surface area contributed by atoms with Gasteiger partial charge >= 0.3 is 0 Å². The highest BCUT2D eigenvalue weighted by molar-refractivity contribution is 5.80. The van der Waals surface area contributed by atoms with Gasteiger partial charge in [-0.15, -0.1) is 0 Å². The molecule has 1 amide bonds. The number of carbonyl (C=O) groups excluding carboxylic acids is 1. The molecule has 184 valence electrons. The van der Waals surface area contributed by atoms with E-state index < -0.39 is 0 Å².